The van der Waals surface area contributed by atoms with Gasteiger partial charge in [-0.25, -0.2) is 4.39 Å². The van der Waals surface area contributed by atoms with Gasteiger partial charge in [-0.05, 0) is 187 Å². The first-order chi connectivity index (χ1) is 44.5. The van der Waals surface area contributed by atoms with E-state index in [1.54, 1.807) is 21.3 Å². The van der Waals surface area contributed by atoms with Gasteiger partial charge in [-0.2, -0.15) is 13.2 Å². The fourth-order valence-corrected chi connectivity index (χ4v) is 14.8. The van der Waals surface area contributed by atoms with Crippen molar-refractivity contribution in [2.75, 3.05) is 21.3 Å². The van der Waals surface area contributed by atoms with E-state index in [9.17, 15) is 17.6 Å². The van der Waals surface area contributed by atoms with Crippen molar-refractivity contribution in [1.29, 1.82) is 0 Å². The summed E-state index contributed by atoms with van der Waals surface area (Å²) >= 11 is 53.9. The van der Waals surface area contributed by atoms with Crippen LogP contribution in [-0.4, -0.2) is 21.3 Å². The molecule has 16 heteroatoms. The largest absolute Gasteiger partial charge is 0.497 e. The normalized spacial score (nSPS) is 11.8. The average molecular weight is 1530 g/mol. The maximum Gasteiger partial charge on any atom is 0.416 e. The van der Waals surface area contributed by atoms with Gasteiger partial charge in [0, 0.05) is 56.3 Å². The van der Waals surface area contributed by atoms with E-state index in [1.165, 1.54) is 34.4 Å². The number of halogens is 13. The van der Waals surface area contributed by atoms with Gasteiger partial charge >= 0.3 is 6.18 Å². The van der Waals surface area contributed by atoms with Crippen molar-refractivity contribution in [3.05, 3.63) is 246 Å². The lowest BCUT2D eigenvalue weighted by Gasteiger charge is -2.23. The van der Waals surface area contributed by atoms with E-state index in [0.717, 1.165) is 87.9 Å². The molecule has 0 atom stereocenters. The van der Waals surface area contributed by atoms with Crippen molar-refractivity contribution in [2.45, 2.75) is 203 Å². The Hall–Kier alpha value is -4.51. The third kappa shape index (κ3) is 28.4. The molecule has 0 N–H and O–H groups in total. The van der Waals surface area contributed by atoms with Crippen LogP contribution in [0.3, 0.4) is 0 Å². The zero-order valence-electron chi connectivity index (χ0n) is 61.9. The molecule has 0 aliphatic rings. The van der Waals surface area contributed by atoms with Crippen LogP contribution in [0.4, 0.5) is 17.6 Å². The SMILES string of the molecule is CC(C)(C)c1c(Cl)cc(C(F)(F)F)cc1Cl.CC(C)(C)c1c(Cl)cc(F)cc1Cl.CC(C)(C)c1ccccc1-c1ccccc1.COc1ccc(Cl)cc1C(C)(C)C.COc1ccc(OC)c(C(C)(C)C)c1.Cc1cc(Cl)c(C(C)(C)C)c(Cl)c1.Cc1cc(Cl)c(C(C)(C)C)c(Cl)c1. The molecule has 0 unspecified atom stereocenters. The van der Waals surface area contributed by atoms with Gasteiger partial charge in [0.15, 0.2) is 0 Å². The fraction of sp³-hybridized carbons (Fsp3) is 0.415. The Labute approximate surface area is 630 Å². The van der Waals surface area contributed by atoms with Crippen LogP contribution in [-0.2, 0) is 44.1 Å². The number of hydrogen-bond donors (Lipinski definition) is 0. The summed E-state index contributed by atoms with van der Waals surface area (Å²) in [6.45, 7) is 47.8. The van der Waals surface area contributed by atoms with E-state index in [2.05, 4.69) is 158 Å². The smallest absolute Gasteiger partial charge is 0.416 e. The molecule has 0 fully saturated rings. The predicted molar refractivity (Wildman–Crippen MR) is 421 cm³/mol. The standard InChI is InChI=1S/C16H18.C12H18O2.C11H11Cl2F3.2C11H14Cl2.C11H15ClO.C10H11Cl2F/c1-16(2,3)15-12-8-7-11-14(15)13-9-5-4-6-10-13;1-12(2,3)10-8-9(13-4)6-7-11(10)14-5;1-10(2,3)9-7(12)4-6(5-8(9)13)11(14,15)16;2*1-7-5-8(12)10(9(13)6-7)11(2,3)4;1-11(2,3)9-7-8(12)5-6-10(9)13-4;1-10(2,3)9-7(11)4-6(13)5-8(9)12/h4-12H,1-3H3;6-8H,1-5H3;4-5H,1-3H3;2*5-6H,1-4H3;5-7H,1-4H3;4-5H,1-3H3. The second-order valence-electron chi connectivity index (χ2n) is 30.8. The van der Waals surface area contributed by atoms with Gasteiger partial charge in [0.2, 0.25) is 0 Å². The first-order valence-corrected chi connectivity index (χ1v) is 35.3. The van der Waals surface area contributed by atoms with Crippen molar-refractivity contribution in [2.24, 2.45) is 0 Å². The van der Waals surface area contributed by atoms with E-state index in [1.807, 2.05) is 116 Å². The molecule has 0 saturated heterocycles. The second-order valence-corrected chi connectivity index (χ2v) is 34.5. The molecule has 0 spiro atoms. The monoisotopic (exact) mass is 1520 g/mol. The number of rotatable bonds is 4. The lowest BCUT2D eigenvalue weighted by molar-refractivity contribution is -0.137. The highest BCUT2D eigenvalue weighted by molar-refractivity contribution is 6.38. The highest BCUT2D eigenvalue weighted by atomic mass is 35.5. The van der Waals surface area contributed by atoms with Crippen LogP contribution in [0.2, 0.25) is 45.2 Å². The first kappa shape index (κ1) is 89.6. The number of ether oxygens (including phenoxy) is 3. The van der Waals surface area contributed by atoms with Crippen molar-refractivity contribution in [1.82, 2.24) is 0 Å². The van der Waals surface area contributed by atoms with Gasteiger partial charge in [-0.3, -0.25) is 0 Å². The molecular formula is C82H101Cl9F4O3. The van der Waals surface area contributed by atoms with Crippen LogP contribution in [0, 0.1) is 19.7 Å². The lowest BCUT2D eigenvalue weighted by Crippen LogP contribution is -2.14. The van der Waals surface area contributed by atoms with Crippen LogP contribution in [0.25, 0.3) is 11.1 Å². The molecule has 0 amide bonds. The summed E-state index contributed by atoms with van der Waals surface area (Å²) in [6, 6.07) is 43.0. The predicted octanol–water partition coefficient (Wildman–Crippen LogP) is 30.2. The Morgan fingerprint density at radius 2 is 0.612 bits per heavy atom. The number of methoxy groups -OCH3 is 3. The molecule has 0 aliphatic heterocycles. The molecule has 8 aromatic rings. The summed E-state index contributed by atoms with van der Waals surface area (Å²) in [5, 5.41) is 4.67. The minimum absolute atomic E-state index is 0.00185. The molecule has 538 valence electrons. The van der Waals surface area contributed by atoms with E-state index in [4.69, 9.17) is 119 Å². The molecule has 0 aromatic heterocycles. The van der Waals surface area contributed by atoms with Crippen LogP contribution < -0.4 is 14.2 Å². The van der Waals surface area contributed by atoms with Crippen molar-refractivity contribution < 1.29 is 31.8 Å². The summed E-state index contributed by atoms with van der Waals surface area (Å²) in [5.74, 6) is 2.29. The van der Waals surface area contributed by atoms with Gasteiger partial charge in [0.05, 0.1) is 26.9 Å². The topological polar surface area (TPSA) is 27.7 Å². The molecule has 0 heterocycles. The van der Waals surface area contributed by atoms with E-state index in [-0.39, 0.29) is 42.5 Å². The zero-order chi connectivity index (χ0) is 75.8. The molecule has 0 aliphatic carbocycles. The Balaban J connectivity index is 0.000000390. The van der Waals surface area contributed by atoms with Gasteiger partial charge in [0.1, 0.15) is 23.1 Å². The molecule has 8 aromatic carbocycles. The zero-order valence-corrected chi connectivity index (χ0v) is 68.7. The summed E-state index contributed by atoms with van der Waals surface area (Å²) < 4.78 is 66.0. The van der Waals surface area contributed by atoms with Gasteiger partial charge in [-0.15, -0.1) is 0 Å². The molecule has 8 rings (SSSR count). The summed E-state index contributed by atoms with van der Waals surface area (Å²) in [5.41, 5.74) is 10.9. The van der Waals surface area contributed by atoms with Crippen LogP contribution in [0.15, 0.2) is 140 Å². The minimum Gasteiger partial charge on any atom is -0.497 e. The number of alkyl halides is 3. The third-order valence-electron chi connectivity index (χ3n) is 14.8. The van der Waals surface area contributed by atoms with E-state index >= 15 is 0 Å². The molecule has 98 heavy (non-hydrogen) atoms. The molecular weight excluding hydrogens is 1430 g/mol. The van der Waals surface area contributed by atoms with E-state index in [0.29, 0.717) is 15.6 Å². The van der Waals surface area contributed by atoms with Crippen LogP contribution in [0.1, 0.15) is 201 Å². The molecule has 0 radical (unpaired) electrons. The fourth-order valence-electron chi connectivity index (χ4n) is 10.2. The maximum absolute atomic E-state index is 12.8. The Kier molecular flexibility index (Phi) is 33.9. The summed E-state index contributed by atoms with van der Waals surface area (Å²) in [4.78, 5) is 0. The highest BCUT2D eigenvalue weighted by Crippen LogP contribution is 2.43. The number of hydrogen-bond acceptors (Lipinski definition) is 3. The Morgan fingerprint density at radius 3 is 0.929 bits per heavy atom. The molecule has 0 saturated carbocycles. The van der Waals surface area contributed by atoms with Crippen molar-refractivity contribution in [3.8, 4) is 28.4 Å². The van der Waals surface area contributed by atoms with Crippen LogP contribution in [0.5, 0.6) is 17.2 Å². The number of aryl methyl sites for hydroxylation is 2. The summed E-state index contributed by atoms with van der Waals surface area (Å²) in [6.07, 6.45) is -4.43. The van der Waals surface area contributed by atoms with Crippen molar-refractivity contribution >= 4 is 104 Å². The third-order valence-corrected chi connectivity index (χ3v) is 17.4. The number of benzene rings is 8. The minimum atomic E-state index is -4.43. The first-order valence-electron chi connectivity index (χ1n) is 31.9. The van der Waals surface area contributed by atoms with Gasteiger partial charge in [-0.1, -0.05) is 304 Å². The van der Waals surface area contributed by atoms with Gasteiger partial charge in [0.25, 0.3) is 0 Å². The molecule has 0 bridgehead atoms. The summed E-state index contributed by atoms with van der Waals surface area (Å²) in [7, 11) is 5.05. The quantitative estimate of drug-likeness (QED) is 0.164. The van der Waals surface area contributed by atoms with Crippen LogP contribution >= 0.6 is 104 Å². The molecule has 3 nitrogen and oxygen atoms in total. The maximum atomic E-state index is 12.8. The van der Waals surface area contributed by atoms with E-state index < -0.39 is 23.0 Å². The Morgan fingerprint density at radius 1 is 0.306 bits per heavy atom. The highest BCUT2D eigenvalue weighted by Gasteiger charge is 2.34. The second kappa shape index (κ2) is 37.1. The van der Waals surface area contributed by atoms with Gasteiger partial charge < -0.3 is 14.2 Å². The lowest BCUT2D eigenvalue weighted by atomic mass is 9.82. The Bertz CT molecular complexity index is 3620. The average Bonchev–Trinajstić information content (AvgIpc) is 0.806. The van der Waals surface area contributed by atoms with Crippen molar-refractivity contribution in [3.63, 3.8) is 0 Å².